The van der Waals surface area contributed by atoms with Gasteiger partial charge in [0, 0.05) is 20.1 Å². The average Bonchev–Trinajstić information content (AvgIpc) is 2.81. The van der Waals surface area contributed by atoms with Gasteiger partial charge < -0.3 is 0 Å². The van der Waals surface area contributed by atoms with E-state index in [0.717, 1.165) is 5.52 Å². The van der Waals surface area contributed by atoms with Crippen LogP contribution in [0.3, 0.4) is 0 Å². The third kappa shape index (κ3) is 1.93. The Kier molecular flexibility index (Phi) is 3.58. The normalized spacial score (nSPS) is 11.3. The van der Waals surface area contributed by atoms with Crippen LogP contribution in [-0.4, -0.2) is 9.61 Å². The second-order valence-corrected chi connectivity index (χ2v) is 5.98. The van der Waals surface area contributed by atoms with E-state index in [4.69, 9.17) is 0 Å². The first-order valence-electron chi connectivity index (χ1n) is 7.26. The van der Waals surface area contributed by atoms with Gasteiger partial charge in [0.1, 0.15) is 0 Å². The summed E-state index contributed by atoms with van der Waals surface area (Å²) in [4.78, 5) is 0. The molecule has 0 saturated carbocycles. The van der Waals surface area contributed by atoms with Gasteiger partial charge in [0.15, 0.2) is 0 Å². The molecule has 0 aliphatic carbocycles. The first kappa shape index (κ1) is 15.2. The number of hydrogen-bond donors (Lipinski definition) is 0. The van der Waals surface area contributed by atoms with Crippen molar-refractivity contribution in [2.45, 2.75) is 27.7 Å². The van der Waals surface area contributed by atoms with E-state index in [2.05, 4.69) is 57.1 Å². The average molecular weight is 466 g/mol. The number of fused-ring (bicyclic) bond motifs is 6. The second-order valence-electron chi connectivity index (χ2n) is 5.98. The van der Waals surface area contributed by atoms with Crippen molar-refractivity contribution in [3.63, 3.8) is 0 Å². The summed E-state index contributed by atoms with van der Waals surface area (Å²) in [6, 6.07) is 12.0. The molecule has 2 aromatic heterocycles. The van der Waals surface area contributed by atoms with Crippen LogP contribution in [0.5, 0.6) is 0 Å². The van der Waals surface area contributed by atoms with Gasteiger partial charge in [-0.1, -0.05) is 35.4 Å². The Morgan fingerprint density at radius 3 is 2.50 bits per heavy atom. The van der Waals surface area contributed by atoms with Gasteiger partial charge in [0.2, 0.25) is 0 Å². The van der Waals surface area contributed by atoms with Crippen LogP contribution in [0, 0.1) is 33.8 Å². The van der Waals surface area contributed by atoms with Crippen LogP contribution in [0.15, 0.2) is 30.5 Å². The predicted octanol–water partition coefficient (Wildman–Crippen LogP) is 4.67. The first-order chi connectivity index (χ1) is 10.1. The number of pyridine rings is 1. The number of rotatable bonds is 0. The van der Waals surface area contributed by atoms with Gasteiger partial charge >= 0.3 is 0 Å². The molecule has 0 amide bonds. The SMILES string of the molecule is Cc1cc(C)c2c(c1)c1c(C)cc[c-]c1n1ncc(C)c21.[Ir]. The smallest absolute Gasteiger partial charge is 0.0743 e. The van der Waals surface area contributed by atoms with Crippen molar-refractivity contribution in [2.75, 3.05) is 0 Å². The molecule has 3 heteroatoms. The van der Waals surface area contributed by atoms with Gasteiger partial charge in [-0.05, 0) is 42.8 Å². The van der Waals surface area contributed by atoms with E-state index in [1.54, 1.807) is 0 Å². The molecule has 0 aliphatic heterocycles. The van der Waals surface area contributed by atoms with E-state index in [1.807, 2.05) is 16.8 Å². The van der Waals surface area contributed by atoms with Crippen LogP contribution in [0.1, 0.15) is 22.3 Å². The molecule has 0 fully saturated rings. The van der Waals surface area contributed by atoms with Crippen LogP contribution in [0.25, 0.3) is 27.2 Å². The fourth-order valence-corrected chi connectivity index (χ4v) is 3.48. The molecule has 4 rings (SSSR count). The number of aryl methyl sites for hydroxylation is 4. The summed E-state index contributed by atoms with van der Waals surface area (Å²) in [7, 11) is 0. The van der Waals surface area contributed by atoms with Crippen LogP contribution >= 0.6 is 0 Å². The largest absolute Gasteiger partial charge is 0.257 e. The fraction of sp³-hybridized carbons (Fsp3) is 0.211. The molecule has 2 heterocycles. The summed E-state index contributed by atoms with van der Waals surface area (Å²) in [5.74, 6) is 0. The van der Waals surface area contributed by atoms with E-state index >= 15 is 0 Å². The minimum atomic E-state index is 0. The van der Waals surface area contributed by atoms with E-state index in [9.17, 15) is 0 Å². The molecule has 0 saturated heterocycles. The standard InChI is InChI=1S/C19H17N2.Ir/c1-11-8-13(3)18-15(9-11)17-12(2)6-5-7-16(17)21-19(18)14(4)10-20-21;/h5-6,8-10H,1-4H3;/q-1;. The van der Waals surface area contributed by atoms with Gasteiger partial charge in [-0.3, -0.25) is 4.52 Å². The molecular formula is C19H17IrN2-. The monoisotopic (exact) mass is 466 g/mol. The molecule has 0 bridgehead atoms. The van der Waals surface area contributed by atoms with Crippen molar-refractivity contribution in [1.82, 2.24) is 9.61 Å². The van der Waals surface area contributed by atoms with Gasteiger partial charge in [0.25, 0.3) is 0 Å². The van der Waals surface area contributed by atoms with Crippen molar-refractivity contribution >= 4 is 27.2 Å². The maximum Gasteiger partial charge on any atom is 0.0743 e. The predicted molar refractivity (Wildman–Crippen MR) is 88.0 cm³/mol. The van der Waals surface area contributed by atoms with Crippen molar-refractivity contribution in [3.8, 4) is 0 Å². The van der Waals surface area contributed by atoms with Crippen LogP contribution in [-0.2, 0) is 20.1 Å². The third-order valence-electron chi connectivity index (χ3n) is 4.33. The zero-order valence-corrected chi connectivity index (χ0v) is 15.5. The first-order valence-corrected chi connectivity index (χ1v) is 7.26. The molecule has 0 atom stereocenters. The summed E-state index contributed by atoms with van der Waals surface area (Å²) in [6.45, 7) is 8.64. The summed E-state index contributed by atoms with van der Waals surface area (Å²) in [5, 5.41) is 8.47. The number of hydrogen-bond acceptors (Lipinski definition) is 1. The topological polar surface area (TPSA) is 17.3 Å². The minimum absolute atomic E-state index is 0. The Hall–Kier alpha value is -1.70. The van der Waals surface area contributed by atoms with E-state index in [1.165, 1.54) is 43.9 Å². The molecule has 0 aliphatic rings. The molecule has 2 aromatic carbocycles. The molecule has 2 nitrogen and oxygen atoms in total. The van der Waals surface area contributed by atoms with Crippen molar-refractivity contribution in [2.24, 2.45) is 0 Å². The zero-order chi connectivity index (χ0) is 14.7. The molecule has 1 radical (unpaired) electrons. The number of aromatic nitrogens is 2. The summed E-state index contributed by atoms with van der Waals surface area (Å²) >= 11 is 0. The molecular weight excluding hydrogens is 448 g/mol. The second kappa shape index (κ2) is 5.19. The Morgan fingerprint density at radius 2 is 1.73 bits per heavy atom. The Bertz CT molecular complexity index is 1030. The molecule has 4 aromatic rings. The molecule has 0 spiro atoms. The Labute approximate surface area is 143 Å². The summed E-state index contributed by atoms with van der Waals surface area (Å²) < 4.78 is 2.04. The quantitative estimate of drug-likeness (QED) is 0.273. The zero-order valence-electron chi connectivity index (χ0n) is 13.1. The Balaban J connectivity index is 0.00000144. The minimum Gasteiger partial charge on any atom is -0.257 e. The van der Waals surface area contributed by atoms with Crippen molar-refractivity contribution in [3.05, 3.63) is 58.8 Å². The van der Waals surface area contributed by atoms with Crippen LogP contribution in [0.4, 0.5) is 0 Å². The summed E-state index contributed by atoms with van der Waals surface area (Å²) in [6.07, 6.45) is 1.95. The summed E-state index contributed by atoms with van der Waals surface area (Å²) in [5.41, 5.74) is 7.36. The molecule has 0 unspecified atom stereocenters. The number of benzene rings is 2. The maximum atomic E-state index is 4.59. The van der Waals surface area contributed by atoms with Crippen molar-refractivity contribution < 1.29 is 20.1 Å². The van der Waals surface area contributed by atoms with E-state index in [-0.39, 0.29) is 20.1 Å². The van der Waals surface area contributed by atoms with Crippen LogP contribution in [0.2, 0.25) is 0 Å². The molecule has 113 valence electrons. The van der Waals surface area contributed by atoms with Gasteiger partial charge in [0.05, 0.1) is 11.7 Å². The molecule has 22 heavy (non-hydrogen) atoms. The van der Waals surface area contributed by atoms with Crippen molar-refractivity contribution in [1.29, 1.82) is 0 Å². The fourth-order valence-electron chi connectivity index (χ4n) is 3.48. The van der Waals surface area contributed by atoms with E-state index in [0.29, 0.717) is 0 Å². The number of nitrogens with zero attached hydrogens (tertiary/aromatic N) is 2. The van der Waals surface area contributed by atoms with Crippen LogP contribution < -0.4 is 0 Å². The van der Waals surface area contributed by atoms with Gasteiger partial charge in [-0.15, -0.1) is 0 Å². The maximum absolute atomic E-state index is 4.59. The van der Waals surface area contributed by atoms with E-state index < -0.39 is 0 Å². The molecule has 0 N–H and O–H groups in total. The van der Waals surface area contributed by atoms with Gasteiger partial charge in [-0.25, -0.2) is 0 Å². The van der Waals surface area contributed by atoms with Gasteiger partial charge in [-0.2, -0.15) is 28.9 Å². The third-order valence-corrected chi connectivity index (χ3v) is 4.33. The Morgan fingerprint density at radius 1 is 0.955 bits per heavy atom.